The summed E-state index contributed by atoms with van der Waals surface area (Å²) in [4.78, 5) is 26.4. The summed E-state index contributed by atoms with van der Waals surface area (Å²) in [5.74, 6) is -0.686. The third-order valence-corrected chi connectivity index (χ3v) is 3.65. The van der Waals surface area contributed by atoms with E-state index in [1.165, 1.54) is 36.3 Å². The number of nitrogens with zero attached hydrogens (tertiary/aromatic N) is 1. The number of halogens is 1. The Balaban J connectivity index is 2.56. The summed E-state index contributed by atoms with van der Waals surface area (Å²) in [6.45, 7) is 5.56. The van der Waals surface area contributed by atoms with Crippen molar-refractivity contribution >= 4 is 17.6 Å². The molecule has 0 aliphatic carbocycles. The van der Waals surface area contributed by atoms with Crippen LogP contribution in [0.2, 0.25) is 0 Å². The van der Waals surface area contributed by atoms with Crippen molar-refractivity contribution in [2.45, 2.75) is 26.8 Å². The maximum Gasteiger partial charge on any atom is 0.414 e. The maximum absolute atomic E-state index is 13.1. The Morgan fingerprint density at radius 1 is 1.08 bits per heavy atom. The molecule has 0 unspecified atom stereocenters. The fraction of sp³-hybridized carbons (Fsp3) is 0.263. The molecule has 2 aromatic rings. The van der Waals surface area contributed by atoms with Crippen LogP contribution in [0.3, 0.4) is 0 Å². The number of ether oxygens (including phenoxy) is 1. The first-order chi connectivity index (χ1) is 11.3. The minimum Gasteiger partial charge on any atom is -0.452 e. The first-order valence-electron chi connectivity index (χ1n) is 7.63. The highest BCUT2D eigenvalue weighted by molar-refractivity contribution is 6.14. The van der Waals surface area contributed by atoms with Crippen LogP contribution in [-0.2, 0) is 4.74 Å². The average molecular weight is 329 g/mol. The van der Waals surface area contributed by atoms with Crippen molar-refractivity contribution in [2.75, 3.05) is 12.0 Å². The summed E-state index contributed by atoms with van der Waals surface area (Å²) >= 11 is 0. The molecule has 0 N–H and O–H groups in total. The number of methoxy groups -OCH3 is 1. The highest BCUT2D eigenvalue weighted by Crippen LogP contribution is 2.27. The van der Waals surface area contributed by atoms with Crippen molar-refractivity contribution in [3.63, 3.8) is 0 Å². The second-order valence-electron chi connectivity index (χ2n) is 5.79. The fourth-order valence-corrected chi connectivity index (χ4v) is 2.48. The Morgan fingerprint density at radius 3 is 2.25 bits per heavy atom. The number of hydrogen-bond acceptors (Lipinski definition) is 3. The Bertz CT molecular complexity index is 754. The minimum atomic E-state index is -0.538. The molecule has 0 radical (unpaired) electrons. The molecule has 4 nitrogen and oxygen atoms in total. The average Bonchev–Trinajstić information content (AvgIpc) is 2.54. The normalized spacial score (nSPS) is 10.6. The van der Waals surface area contributed by atoms with Crippen molar-refractivity contribution in [1.82, 2.24) is 0 Å². The molecule has 1 amide bonds. The van der Waals surface area contributed by atoms with Crippen molar-refractivity contribution in [3.05, 3.63) is 65.0 Å². The third-order valence-electron chi connectivity index (χ3n) is 3.65. The van der Waals surface area contributed by atoms with E-state index in [0.717, 1.165) is 5.56 Å². The van der Waals surface area contributed by atoms with Crippen LogP contribution in [0.5, 0.6) is 0 Å². The monoisotopic (exact) mass is 329 g/mol. The predicted molar refractivity (Wildman–Crippen MR) is 91.0 cm³/mol. The molecule has 0 aromatic heterocycles. The number of hydrogen-bond donors (Lipinski definition) is 0. The van der Waals surface area contributed by atoms with Crippen molar-refractivity contribution in [1.29, 1.82) is 0 Å². The molecule has 2 rings (SSSR count). The molecule has 0 aliphatic heterocycles. The quantitative estimate of drug-likeness (QED) is 0.784. The van der Waals surface area contributed by atoms with Crippen LogP contribution in [0.25, 0.3) is 0 Å². The van der Waals surface area contributed by atoms with Gasteiger partial charge in [-0.3, -0.25) is 9.69 Å². The van der Waals surface area contributed by atoms with Crippen molar-refractivity contribution in [2.24, 2.45) is 0 Å². The topological polar surface area (TPSA) is 46.6 Å². The molecular formula is C19H20FNO3. The Morgan fingerprint density at radius 2 is 1.71 bits per heavy atom. The molecule has 0 fully saturated rings. The number of ketones is 1. The zero-order chi connectivity index (χ0) is 17.9. The van der Waals surface area contributed by atoms with Crippen molar-refractivity contribution in [3.8, 4) is 0 Å². The highest BCUT2D eigenvalue weighted by atomic mass is 19.1. The van der Waals surface area contributed by atoms with Gasteiger partial charge in [0, 0.05) is 17.2 Å². The number of rotatable bonds is 4. The molecule has 0 aliphatic rings. The molecule has 24 heavy (non-hydrogen) atoms. The van der Waals surface area contributed by atoms with Gasteiger partial charge < -0.3 is 4.74 Å². The van der Waals surface area contributed by atoms with E-state index in [1.807, 2.05) is 20.8 Å². The van der Waals surface area contributed by atoms with Crippen LogP contribution in [0.4, 0.5) is 14.9 Å². The Hall–Kier alpha value is -2.69. The molecule has 0 spiro atoms. The minimum absolute atomic E-state index is 0.195. The molecule has 0 heterocycles. The predicted octanol–water partition coefficient (Wildman–Crippen LogP) is 4.35. The summed E-state index contributed by atoms with van der Waals surface area (Å²) in [6.07, 6.45) is -0.538. The van der Waals surface area contributed by atoms with Crippen LogP contribution in [0.15, 0.2) is 42.5 Å². The number of amides is 1. The van der Waals surface area contributed by atoms with Gasteiger partial charge in [-0.2, -0.15) is 0 Å². The van der Waals surface area contributed by atoms with E-state index in [9.17, 15) is 14.0 Å². The summed E-state index contributed by atoms with van der Waals surface area (Å²) in [7, 11) is 1.30. The summed E-state index contributed by atoms with van der Waals surface area (Å²) in [5, 5.41) is 0. The summed E-state index contributed by atoms with van der Waals surface area (Å²) < 4.78 is 17.9. The van der Waals surface area contributed by atoms with Gasteiger partial charge in [-0.1, -0.05) is 6.07 Å². The van der Waals surface area contributed by atoms with Gasteiger partial charge in [0.25, 0.3) is 0 Å². The summed E-state index contributed by atoms with van der Waals surface area (Å²) in [5.41, 5.74) is 2.11. The fourth-order valence-electron chi connectivity index (χ4n) is 2.48. The van der Waals surface area contributed by atoms with Crippen LogP contribution in [0, 0.1) is 12.7 Å². The molecule has 0 saturated carbocycles. The molecule has 2 aromatic carbocycles. The van der Waals surface area contributed by atoms with Gasteiger partial charge in [-0.15, -0.1) is 0 Å². The number of carbonyl (C=O) groups is 2. The second-order valence-corrected chi connectivity index (χ2v) is 5.79. The highest BCUT2D eigenvalue weighted by Gasteiger charge is 2.25. The van der Waals surface area contributed by atoms with E-state index in [4.69, 9.17) is 4.74 Å². The van der Waals surface area contributed by atoms with E-state index < -0.39 is 11.9 Å². The number of carbonyl (C=O) groups excluding carboxylic acids is 2. The van der Waals surface area contributed by atoms with Gasteiger partial charge in [0.05, 0.1) is 12.8 Å². The van der Waals surface area contributed by atoms with E-state index >= 15 is 0 Å². The van der Waals surface area contributed by atoms with Crippen LogP contribution >= 0.6 is 0 Å². The number of benzene rings is 2. The first kappa shape index (κ1) is 17.7. The lowest BCUT2D eigenvalue weighted by molar-refractivity contribution is 0.103. The van der Waals surface area contributed by atoms with Crippen molar-refractivity contribution < 1.29 is 18.7 Å². The zero-order valence-corrected chi connectivity index (χ0v) is 14.2. The van der Waals surface area contributed by atoms with Gasteiger partial charge in [0.15, 0.2) is 5.78 Å². The summed E-state index contributed by atoms with van der Waals surface area (Å²) in [6, 6.07) is 10.4. The molecule has 0 atom stereocenters. The van der Waals surface area contributed by atoms with Crippen LogP contribution in [0.1, 0.15) is 35.3 Å². The van der Waals surface area contributed by atoms with Gasteiger partial charge >= 0.3 is 6.09 Å². The van der Waals surface area contributed by atoms with Gasteiger partial charge in [-0.25, -0.2) is 9.18 Å². The lowest BCUT2D eigenvalue weighted by Gasteiger charge is -2.27. The largest absolute Gasteiger partial charge is 0.452 e. The van der Waals surface area contributed by atoms with Gasteiger partial charge in [0.2, 0.25) is 0 Å². The molecule has 5 heteroatoms. The van der Waals surface area contributed by atoms with E-state index in [-0.39, 0.29) is 11.8 Å². The lowest BCUT2D eigenvalue weighted by Crippen LogP contribution is -2.38. The third kappa shape index (κ3) is 3.62. The van der Waals surface area contributed by atoms with E-state index in [2.05, 4.69) is 0 Å². The zero-order valence-electron chi connectivity index (χ0n) is 14.2. The van der Waals surface area contributed by atoms with Crippen LogP contribution in [-0.4, -0.2) is 25.0 Å². The van der Waals surface area contributed by atoms with E-state index in [1.54, 1.807) is 18.2 Å². The van der Waals surface area contributed by atoms with E-state index in [0.29, 0.717) is 16.8 Å². The van der Waals surface area contributed by atoms with Gasteiger partial charge in [-0.05, 0) is 62.7 Å². The number of anilines is 1. The maximum atomic E-state index is 13.1. The molecule has 126 valence electrons. The Kier molecular flexibility index (Phi) is 5.34. The molecule has 0 bridgehead atoms. The Labute approximate surface area is 140 Å². The number of aryl methyl sites for hydroxylation is 1. The van der Waals surface area contributed by atoms with Gasteiger partial charge in [0.1, 0.15) is 5.82 Å². The van der Waals surface area contributed by atoms with Crippen LogP contribution < -0.4 is 4.90 Å². The second kappa shape index (κ2) is 7.25. The first-order valence-corrected chi connectivity index (χ1v) is 7.63. The molecule has 0 saturated heterocycles. The molecular weight excluding hydrogens is 309 g/mol. The SMILES string of the molecule is COC(=O)N(c1cc(C)ccc1C(=O)c1ccc(F)cc1)C(C)C. The lowest BCUT2D eigenvalue weighted by atomic mass is 9.99. The smallest absolute Gasteiger partial charge is 0.414 e. The standard InChI is InChI=1S/C19H20FNO3/c1-12(2)21(19(23)24-4)17-11-13(3)5-10-16(17)18(22)14-6-8-15(20)9-7-14/h5-12H,1-4H3.